The van der Waals surface area contributed by atoms with E-state index in [2.05, 4.69) is 132 Å². The van der Waals surface area contributed by atoms with Crippen molar-refractivity contribution < 1.29 is 0 Å². The van der Waals surface area contributed by atoms with Crippen molar-refractivity contribution in [1.82, 2.24) is 9.13 Å². The van der Waals surface area contributed by atoms with Crippen molar-refractivity contribution in [3.8, 4) is 11.4 Å². The van der Waals surface area contributed by atoms with Gasteiger partial charge in [-0.3, -0.25) is 0 Å². The van der Waals surface area contributed by atoms with Gasteiger partial charge in [0.2, 0.25) is 0 Å². The van der Waals surface area contributed by atoms with Gasteiger partial charge in [0.25, 0.3) is 0 Å². The fraction of sp³-hybridized carbons (Fsp3) is 0.125. The molecule has 4 aromatic carbocycles. The van der Waals surface area contributed by atoms with Gasteiger partial charge in [0.15, 0.2) is 0 Å². The molecule has 0 aliphatic rings. The van der Waals surface area contributed by atoms with Gasteiger partial charge < -0.3 is 9.13 Å². The molecular formula is C32H28N2. The Kier molecular flexibility index (Phi) is 5.07. The van der Waals surface area contributed by atoms with Crippen LogP contribution in [-0.4, -0.2) is 9.13 Å². The Morgan fingerprint density at radius 1 is 0.529 bits per heavy atom. The molecular weight excluding hydrogens is 412 g/mol. The Morgan fingerprint density at radius 3 is 1.59 bits per heavy atom. The van der Waals surface area contributed by atoms with Crippen LogP contribution >= 0.6 is 0 Å². The smallest absolute Gasteiger partial charge is 0.0528 e. The predicted molar refractivity (Wildman–Crippen MR) is 143 cm³/mol. The maximum absolute atomic E-state index is 2.29. The summed E-state index contributed by atoms with van der Waals surface area (Å²) in [5.41, 5.74) is 10.2. The molecule has 0 radical (unpaired) electrons. The van der Waals surface area contributed by atoms with Crippen LogP contribution < -0.4 is 0 Å². The monoisotopic (exact) mass is 440 g/mol. The van der Waals surface area contributed by atoms with Crippen LogP contribution in [0.5, 0.6) is 0 Å². The average molecular weight is 441 g/mol. The van der Waals surface area contributed by atoms with Gasteiger partial charge in [-0.25, -0.2) is 0 Å². The first-order valence-electron chi connectivity index (χ1n) is 12.0. The van der Waals surface area contributed by atoms with Gasteiger partial charge >= 0.3 is 0 Å². The molecule has 6 rings (SSSR count). The number of hydrogen-bond donors (Lipinski definition) is 0. The van der Waals surface area contributed by atoms with E-state index < -0.39 is 0 Å². The maximum Gasteiger partial charge on any atom is 0.0528 e. The second kappa shape index (κ2) is 8.39. The van der Waals surface area contributed by atoms with Crippen molar-refractivity contribution in [1.29, 1.82) is 0 Å². The summed E-state index contributed by atoms with van der Waals surface area (Å²) in [5.74, 6) is 0. The van der Waals surface area contributed by atoms with E-state index in [4.69, 9.17) is 0 Å². The molecule has 2 heterocycles. The number of fused-ring (bicyclic) bond motifs is 2. The first-order valence-corrected chi connectivity index (χ1v) is 12.0. The second-order valence-corrected chi connectivity index (χ2v) is 9.19. The molecule has 0 spiro atoms. The van der Waals surface area contributed by atoms with Gasteiger partial charge in [0.05, 0.1) is 11.0 Å². The van der Waals surface area contributed by atoms with Crippen LogP contribution in [0.3, 0.4) is 0 Å². The average Bonchev–Trinajstić information content (AvgIpc) is 3.48. The number of aromatic nitrogens is 2. The SMILES string of the molecule is CCc1ccc2c(ccn2-c2ccc(Cc3ccc(-n4ccc5cc(C)ccc54)cc3)cc2)c1. The van der Waals surface area contributed by atoms with E-state index in [-0.39, 0.29) is 0 Å². The number of aryl methyl sites for hydroxylation is 2. The number of benzene rings is 4. The van der Waals surface area contributed by atoms with E-state index in [0.717, 1.165) is 12.8 Å². The lowest BCUT2D eigenvalue weighted by atomic mass is 10.0. The van der Waals surface area contributed by atoms with Crippen LogP contribution in [0.2, 0.25) is 0 Å². The quantitative estimate of drug-likeness (QED) is 0.257. The Bertz CT molecular complexity index is 1600. The highest BCUT2D eigenvalue weighted by atomic mass is 15.0. The second-order valence-electron chi connectivity index (χ2n) is 9.19. The molecule has 34 heavy (non-hydrogen) atoms. The Balaban J connectivity index is 1.21. The lowest BCUT2D eigenvalue weighted by Gasteiger charge is -2.09. The topological polar surface area (TPSA) is 9.86 Å². The maximum atomic E-state index is 2.29. The highest BCUT2D eigenvalue weighted by Gasteiger charge is 2.06. The minimum Gasteiger partial charge on any atom is -0.317 e. The minimum atomic E-state index is 0.929. The minimum absolute atomic E-state index is 0.929. The van der Waals surface area contributed by atoms with Gasteiger partial charge in [-0.15, -0.1) is 0 Å². The van der Waals surface area contributed by atoms with Crippen molar-refractivity contribution in [3.63, 3.8) is 0 Å². The molecule has 166 valence electrons. The highest BCUT2D eigenvalue weighted by Crippen LogP contribution is 2.24. The van der Waals surface area contributed by atoms with Gasteiger partial charge in [-0.2, -0.15) is 0 Å². The van der Waals surface area contributed by atoms with Crippen molar-refractivity contribution >= 4 is 21.8 Å². The van der Waals surface area contributed by atoms with Crippen LogP contribution in [0.1, 0.15) is 29.2 Å². The van der Waals surface area contributed by atoms with E-state index in [9.17, 15) is 0 Å². The molecule has 0 bridgehead atoms. The van der Waals surface area contributed by atoms with Gasteiger partial charge in [-0.1, -0.05) is 48.9 Å². The van der Waals surface area contributed by atoms with Crippen molar-refractivity contribution in [2.45, 2.75) is 26.7 Å². The lowest BCUT2D eigenvalue weighted by molar-refractivity contribution is 1.10. The van der Waals surface area contributed by atoms with E-state index in [1.807, 2.05) is 0 Å². The van der Waals surface area contributed by atoms with Crippen LogP contribution in [0.15, 0.2) is 109 Å². The van der Waals surface area contributed by atoms with Crippen molar-refractivity contribution in [2.75, 3.05) is 0 Å². The lowest BCUT2D eigenvalue weighted by Crippen LogP contribution is -1.95. The first kappa shape index (κ1) is 20.6. The Hall–Kier alpha value is -4.04. The molecule has 0 saturated heterocycles. The molecule has 0 atom stereocenters. The Morgan fingerprint density at radius 2 is 1.03 bits per heavy atom. The van der Waals surface area contributed by atoms with Crippen LogP contribution in [-0.2, 0) is 12.8 Å². The summed E-state index contributed by atoms with van der Waals surface area (Å²) in [6.07, 6.45) is 6.33. The molecule has 6 aromatic rings. The van der Waals surface area contributed by atoms with Gasteiger partial charge in [-0.05, 0) is 97.1 Å². The van der Waals surface area contributed by atoms with Crippen molar-refractivity contribution in [3.05, 3.63) is 132 Å². The number of rotatable bonds is 5. The van der Waals surface area contributed by atoms with E-state index >= 15 is 0 Å². The van der Waals surface area contributed by atoms with Gasteiger partial charge in [0.1, 0.15) is 0 Å². The Labute approximate surface area is 200 Å². The zero-order valence-corrected chi connectivity index (χ0v) is 19.7. The van der Waals surface area contributed by atoms with Crippen LogP contribution in [0, 0.1) is 6.92 Å². The largest absolute Gasteiger partial charge is 0.317 e. The van der Waals surface area contributed by atoms with Crippen molar-refractivity contribution in [2.24, 2.45) is 0 Å². The third kappa shape index (κ3) is 3.72. The summed E-state index contributed by atoms with van der Waals surface area (Å²) in [4.78, 5) is 0. The summed E-state index contributed by atoms with van der Waals surface area (Å²) in [7, 11) is 0. The van der Waals surface area contributed by atoms with Crippen LogP contribution in [0.4, 0.5) is 0 Å². The van der Waals surface area contributed by atoms with E-state index in [0.29, 0.717) is 0 Å². The molecule has 0 saturated carbocycles. The third-order valence-electron chi connectivity index (χ3n) is 6.85. The summed E-state index contributed by atoms with van der Waals surface area (Å²) >= 11 is 0. The van der Waals surface area contributed by atoms with E-state index in [1.165, 1.54) is 55.4 Å². The summed E-state index contributed by atoms with van der Waals surface area (Å²) < 4.78 is 4.54. The molecule has 0 aliphatic heterocycles. The molecule has 0 N–H and O–H groups in total. The zero-order chi connectivity index (χ0) is 23.1. The molecule has 0 aliphatic carbocycles. The summed E-state index contributed by atoms with van der Waals surface area (Å²) in [5, 5.41) is 2.58. The molecule has 2 nitrogen and oxygen atoms in total. The molecule has 0 unspecified atom stereocenters. The summed E-state index contributed by atoms with van der Waals surface area (Å²) in [6.45, 7) is 4.34. The van der Waals surface area contributed by atoms with Gasteiger partial charge in [0, 0.05) is 34.5 Å². The molecule has 0 fully saturated rings. The highest BCUT2D eigenvalue weighted by molar-refractivity contribution is 5.83. The number of nitrogens with zero attached hydrogens (tertiary/aromatic N) is 2. The van der Waals surface area contributed by atoms with Crippen LogP contribution in [0.25, 0.3) is 33.2 Å². The fourth-order valence-electron chi connectivity index (χ4n) is 4.91. The zero-order valence-electron chi connectivity index (χ0n) is 19.7. The fourth-order valence-corrected chi connectivity index (χ4v) is 4.91. The molecule has 0 amide bonds. The standard InChI is InChI=1S/C32H28N2/c1-3-24-9-15-32-28(22-24)17-19-34(32)30-12-7-26(8-13-30)21-25-5-10-29(11-6-25)33-18-16-27-20-23(2)4-14-31(27)33/h4-20,22H,3,21H2,1-2H3. The predicted octanol–water partition coefficient (Wildman–Crippen LogP) is 8.04. The first-order chi connectivity index (χ1) is 16.7. The number of hydrogen-bond acceptors (Lipinski definition) is 0. The molecule has 2 heteroatoms. The molecule has 2 aromatic heterocycles. The van der Waals surface area contributed by atoms with E-state index in [1.54, 1.807) is 0 Å². The third-order valence-corrected chi connectivity index (χ3v) is 6.85. The normalized spacial score (nSPS) is 11.5. The summed E-state index contributed by atoms with van der Waals surface area (Å²) in [6, 6.07) is 35.7.